The molecule has 0 saturated heterocycles. The number of nitro groups is 1. The number of hydrogen-bond donors (Lipinski definition) is 2. The van der Waals surface area contributed by atoms with E-state index >= 15 is 0 Å². The number of nitro benzene ring substituents is 1. The van der Waals surface area contributed by atoms with Crippen molar-refractivity contribution in [3.63, 3.8) is 0 Å². The van der Waals surface area contributed by atoms with Gasteiger partial charge in [0.15, 0.2) is 0 Å². The number of halogens is 1. The number of amides is 1. The average molecular weight is 334 g/mol. The third-order valence-corrected chi connectivity index (χ3v) is 3.04. The van der Waals surface area contributed by atoms with Crippen molar-refractivity contribution < 1.29 is 14.8 Å². The van der Waals surface area contributed by atoms with Crippen LogP contribution in [0.15, 0.2) is 41.4 Å². The number of phenolic OH excluding ortho intramolecular Hbond substituents is 1. The van der Waals surface area contributed by atoms with Gasteiger partial charge in [0.1, 0.15) is 0 Å². The van der Waals surface area contributed by atoms with Crippen LogP contribution in [0.4, 0.5) is 17.1 Å². The van der Waals surface area contributed by atoms with E-state index in [4.69, 9.17) is 11.6 Å². The Kier molecular flexibility index (Phi) is 4.92. The van der Waals surface area contributed by atoms with Crippen LogP contribution in [0.5, 0.6) is 5.75 Å². The third-order valence-electron chi connectivity index (χ3n) is 2.82. The van der Waals surface area contributed by atoms with E-state index in [9.17, 15) is 20.0 Å². The summed E-state index contributed by atoms with van der Waals surface area (Å²) in [6.07, 6.45) is 1.28. The summed E-state index contributed by atoms with van der Waals surface area (Å²) in [6.45, 7) is 1.40. The molecule has 0 radical (unpaired) electrons. The quantitative estimate of drug-likeness (QED) is 0.506. The normalized spacial score (nSPS) is 10.7. The van der Waals surface area contributed by atoms with Crippen molar-refractivity contribution in [2.75, 3.05) is 5.32 Å². The van der Waals surface area contributed by atoms with Crippen molar-refractivity contribution in [1.82, 2.24) is 0 Å². The standard InChI is InChI=1S/C15H12ClN3O4/c1-9(20)18-13-4-2-12(3-5-13)17-8-10-6-11(16)7-14(15(10)21)19(22)23/h2-8,21H,1H3,(H,18,20). The number of aromatic hydroxyl groups is 1. The Hall–Kier alpha value is -2.93. The zero-order chi connectivity index (χ0) is 17.0. The van der Waals surface area contributed by atoms with Gasteiger partial charge in [0.05, 0.1) is 10.6 Å². The smallest absolute Gasteiger partial charge is 0.312 e. The van der Waals surface area contributed by atoms with Gasteiger partial charge in [-0.25, -0.2) is 0 Å². The van der Waals surface area contributed by atoms with Gasteiger partial charge in [-0.15, -0.1) is 0 Å². The van der Waals surface area contributed by atoms with Gasteiger partial charge in [0, 0.05) is 35.5 Å². The van der Waals surface area contributed by atoms with E-state index in [2.05, 4.69) is 10.3 Å². The van der Waals surface area contributed by atoms with Crippen LogP contribution >= 0.6 is 11.6 Å². The van der Waals surface area contributed by atoms with Gasteiger partial charge in [-0.2, -0.15) is 0 Å². The minimum absolute atomic E-state index is 0.122. The van der Waals surface area contributed by atoms with Crippen LogP contribution in [-0.4, -0.2) is 22.2 Å². The Morgan fingerprint density at radius 3 is 2.57 bits per heavy atom. The predicted molar refractivity (Wildman–Crippen MR) is 87.8 cm³/mol. The molecule has 0 aromatic heterocycles. The van der Waals surface area contributed by atoms with Crippen molar-refractivity contribution >= 4 is 40.8 Å². The molecule has 0 bridgehead atoms. The Balaban J connectivity index is 2.26. The van der Waals surface area contributed by atoms with Gasteiger partial charge in [-0.05, 0) is 30.3 Å². The van der Waals surface area contributed by atoms with Crippen LogP contribution in [-0.2, 0) is 4.79 Å². The topological polar surface area (TPSA) is 105 Å². The number of carbonyl (C=O) groups is 1. The number of carbonyl (C=O) groups excluding carboxylic acids is 1. The second kappa shape index (κ2) is 6.89. The molecule has 0 aliphatic heterocycles. The lowest BCUT2D eigenvalue weighted by atomic mass is 10.2. The van der Waals surface area contributed by atoms with E-state index in [0.29, 0.717) is 11.4 Å². The summed E-state index contributed by atoms with van der Waals surface area (Å²) in [4.78, 5) is 25.2. The van der Waals surface area contributed by atoms with Crippen LogP contribution in [0.25, 0.3) is 0 Å². The molecule has 0 atom stereocenters. The molecule has 2 rings (SSSR count). The predicted octanol–water partition coefficient (Wildman–Crippen LogP) is 3.66. The van der Waals surface area contributed by atoms with Crippen LogP contribution in [0.2, 0.25) is 5.02 Å². The minimum atomic E-state index is -0.721. The fraction of sp³-hybridized carbons (Fsp3) is 0.0667. The van der Waals surface area contributed by atoms with Crippen molar-refractivity contribution in [2.45, 2.75) is 6.92 Å². The molecule has 0 saturated carbocycles. The largest absolute Gasteiger partial charge is 0.502 e. The fourth-order valence-corrected chi connectivity index (χ4v) is 2.04. The summed E-state index contributed by atoms with van der Waals surface area (Å²) >= 11 is 5.80. The Morgan fingerprint density at radius 2 is 2.00 bits per heavy atom. The molecule has 7 nitrogen and oxygen atoms in total. The van der Waals surface area contributed by atoms with Crippen LogP contribution in [0.1, 0.15) is 12.5 Å². The summed E-state index contributed by atoms with van der Waals surface area (Å²) in [7, 11) is 0. The lowest BCUT2D eigenvalue weighted by Crippen LogP contribution is -2.04. The van der Waals surface area contributed by atoms with Gasteiger partial charge in [0.25, 0.3) is 0 Å². The first-order valence-electron chi connectivity index (χ1n) is 6.45. The number of anilines is 1. The van der Waals surface area contributed by atoms with Crippen molar-refractivity contribution in [1.29, 1.82) is 0 Å². The number of hydrogen-bond acceptors (Lipinski definition) is 5. The molecule has 0 aliphatic carbocycles. The first-order chi connectivity index (χ1) is 10.9. The number of rotatable bonds is 4. The highest BCUT2D eigenvalue weighted by Crippen LogP contribution is 2.32. The zero-order valence-corrected chi connectivity index (χ0v) is 12.7. The monoisotopic (exact) mass is 333 g/mol. The van der Waals surface area contributed by atoms with E-state index in [0.717, 1.165) is 6.07 Å². The summed E-state index contributed by atoms with van der Waals surface area (Å²) in [6, 6.07) is 9.06. The first kappa shape index (κ1) is 16.4. The van der Waals surface area contributed by atoms with Gasteiger partial charge < -0.3 is 10.4 Å². The SMILES string of the molecule is CC(=O)Nc1ccc(N=Cc2cc(Cl)cc([N+](=O)[O-])c2O)cc1. The maximum atomic E-state index is 10.9. The van der Waals surface area contributed by atoms with E-state index < -0.39 is 16.4 Å². The number of benzene rings is 2. The Bertz CT molecular complexity index is 788. The Labute approximate surface area is 136 Å². The molecule has 1 amide bonds. The second-order valence-corrected chi connectivity index (χ2v) is 5.04. The van der Waals surface area contributed by atoms with Crippen LogP contribution in [0.3, 0.4) is 0 Å². The van der Waals surface area contributed by atoms with E-state index in [-0.39, 0.29) is 16.5 Å². The summed E-state index contributed by atoms with van der Waals surface area (Å²) in [5.41, 5.74) is 0.814. The van der Waals surface area contributed by atoms with Crippen LogP contribution in [0, 0.1) is 10.1 Å². The molecule has 2 N–H and O–H groups in total. The third kappa shape index (κ3) is 4.27. The van der Waals surface area contributed by atoms with E-state index in [1.165, 1.54) is 19.2 Å². The van der Waals surface area contributed by atoms with Crippen molar-refractivity contribution in [2.24, 2.45) is 4.99 Å². The number of phenols is 1. The molecule has 118 valence electrons. The fourth-order valence-electron chi connectivity index (χ4n) is 1.82. The number of aliphatic imine (C=N–C) groups is 1. The van der Waals surface area contributed by atoms with Crippen molar-refractivity contribution in [3.8, 4) is 5.75 Å². The highest BCUT2D eigenvalue weighted by molar-refractivity contribution is 6.31. The molecule has 0 unspecified atom stereocenters. The Morgan fingerprint density at radius 1 is 1.35 bits per heavy atom. The highest BCUT2D eigenvalue weighted by atomic mass is 35.5. The van der Waals surface area contributed by atoms with Gasteiger partial charge in [0.2, 0.25) is 11.7 Å². The molecule has 0 spiro atoms. The van der Waals surface area contributed by atoms with Gasteiger partial charge >= 0.3 is 5.69 Å². The zero-order valence-electron chi connectivity index (χ0n) is 12.0. The molecule has 2 aromatic carbocycles. The molecule has 8 heteroatoms. The lowest BCUT2D eigenvalue weighted by molar-refractivity contribution is -0.385. The van der Waals surface area contributed by atoms with Gasteiger partial charge in [-0.1, -0.05) is 11.6 Å². The van der Waals surface area contributed by atoms with Crippen LogP contribution < -0.4 is 5.32 Å². The maximum absolute atomic E-state index is 10.9. The molecular weight excluding hydrogens is 322 g/mol. The molecule has 0 heterocycles. The molecular formula is C15H12ClN3O4. The summed E-state index contributed by atoms with van der Waals surface area (Å²) < 4.78 is 0. The van der Waals surface area contributed by atoms with E-state index in [1.807, 2.05) is 0 Å². The first-order valence-corrected chi connectivity index (χ1v) is 6.83. The lowest BCUT2D eigenvalue weighted by Gasteiger charge is -2.03. The van der Waals surface area contributed by atoms with Crippen molar-refractivity contribution in [3.05, 3.63) is 57.1 Å². The molecule has 23 heavy (non-hydrogen) atoms. The van der Waals surface area contributed by atoms with E-state index in [1.54, 1.807) is 24.3 Å². The summed E-state index contributed by atoms with van der Waals surface area (Å²) in [5, 5.41) is 23.4. The van der Waals surface area contributed by atoms with Gasteiger partial charge in [-0.3, -0.25) is 19.9 Å². The molecule has 0 aliphatic rings. The minimum Gasteiger partial charge on any atom is -0.502 e. The molecule has 2 aromatic rings. The second-order valence-electron chi connectivity index (χ2n) is 4.61. The highest BCUT2D eigenvalue weighted by Gasteiger charge is 2.17. The number of nitrogens with one attached hydrogen (secondary N) is 1. The number of nitrogens with zero attached hydrogens (tertiary/aromatic N) is 2. The summed E-state index contributed by atoms with van der Waals surface area (Å²) in [5.74, 6) is -0.685. The maximum Gasteiger partial charge on any atom is 0.312 e. The average Bonchev–Trinajstić information content (AvgIpc) is 2.48. The molecule has 0 fully saturated rings.